The van der Waals surface area contributed by atoms with Crippen LogP contribution >= 0.6 is 0 Å². The van der Waals surface area contributed by atoms with Crippen LogP contribution in [0.15, 0.2) is 12.2 Å². The summed E-state index contributed by atoms with van der Waals surface area (Å²) in [5, 5.41) is 0. The van der Waals surface area contributed by atoms with Crippen molar-refractivity contribution in [2.45, 2.75) is 44.9 Å². The van der Waals surface area contributed by atoms with Gasteiger partial charge in [-0.05, 0) is 38.0 Å². The second kappa shape index (κ2) is 7.97. The first-order valence-electron chi connectivity index (χ1n) is 9.27. The predicted octanol–water partition coefficient (Wildman–Crippen LogP) is 1.61. The van der Waals surface area contributed by atoms with Crippen LogP contribution in [0.25, 0.3) is 0 Å². The molecule has 7 heteroatoms. The molecule has 0 bridgehead atoms. The molecule has 1 amide bonds. The Balaban J connectivity index is 1.56. The SMILES string of the molecule is O=C(C[C@H]1C=CCC1)N1CCCN(S(=O)(=O)N2CCCCC2)CC1. The molecule has 2 aliphatic heterocycles. The normalized spacial score (nSPS) is 27.3. The summed E-state index contributed by atoms with van der Waals surface area (Å²) in [6, 6.07) is 0. The molecule has 2 saturated heterocycles. The standard InChI is InChI=1S/C17H29N3O3S/c21-17(15-16-7-2-3-8-16)18-9-6-12-20(14-13-18)24(22,23)19-10-4-1-5-11-19/h2,7,16H,1,3-6,8-15H2/t16-/m0/s1. The minimum Gasteiger partial charge on any atom is -0.341 e. The van der Waals surface area contributed by atoms with Crippen LogP contribution in [0.2, 0.25) is 0 Å². The topological polar surface area (TPSA) is 60.9 Å². The van der Waals surface area contributed by atoms with Gasteiger partial charge in [-0.3, -0.25) is 4.79 Å². The van der Waals surface area contributed by atoms with Crippen LogP contribution in [0, 0.1) is 5.92 Å². The summed E-state index contributed by atoms with van der Waals surface area (Å²) in [6.07, 6.45) is 10.7. The zero-order chi connectivity index (χ0) is 17.0. The molecule has 0 saturated carbocycles. The van der Waals surface area contributed by atoms with Crippen molar-refractivity contribution < 1.29 is 13.2 Å². The number of hydrogen-bond acceptors (Lipinski definition) is 3. The minimum atomic E-state index is -3.36. The minimum absolute atomic E-state index is 0.170. The van der Waals surface area contributed by atoms with Gasteiger partial charge in [-0.15, -0.1) is 0 Å². The molecule has 6 nitrogen and oxygen atoms in total. The van der Waals surface area contributed by atoms with Crippen LogP contribution in [0.4, 0.5) is 0 Å². The highest BCUT2D eigenvalue weighted by Gasteiger charge is 2.32. The van der Waals surface area contributed by atoms with Crippen molar-refractivity contribution in [3.63, 3.8) is 0 Å². The Hall–Kier alpha value is -0.920. The van der Waals surface area contributed by atoms with Gasteiger partial charge < -0.3 is 4.90 Å². The van der Waals surface area contributed by atoms with E-state index in [0.29, 0.717) is 51.6 Å². The van der Waals surface area contributed by atoms with Gasteiger partial charge in [0.25, 0.3) is 10.2 Å². The lowest BCUT2D eigenvalue weighted by molar-refractivity contribution is -0.131. The van der Waals surface area contributed by atoms with Gasteiger partial charge in [-0.1, -0.05) is 18.6 Å². The average Bonchev–Trinajstić information content (AvgIpc) is 2.96. The van der Waals surface area contributed by atoms with E-state index in [2.05, 4.69) is 12.2 Å². The van der Waals surface area contributed by atoms with Gasteiger partial charge in [-0.25, -0.2) is 0 Å². The number of nitrogens with zero attached hydrogens (tertiary/aromatic N) is 3. The zero-order valence-corrected chi connectivity index (χ0v) is 15.2. The van der Waals surface area contributed by atoms with Crippen molar-refractivity contribution in [2.24, 2.45) is 5.92 Å². The third-order valence-corrected chi connectivity index (χ3v) is 7.36. The highest BCUT2D eigenvalue weighted by atomic mass is 32.2. The Morgan fingerprint density at radius 3 is 2.33 bits per heavy atom. The highest BCUT2D eigenvalue weighted by molar-refractivity contribution is 7.86. The lowest BCUT2D eigenvalue weighted by Gasteiger charge is -2.31. The molecule has 3 rings (SSSR count). The molecule has 0 unspecified atom stereocenters. The molecule has 24 heavy (non-hydrogen) atoms. The Bertz CT molecular complexity index is 570. The van der Waals surface area contributed by atoms with Gasteiger partial charge in [0.1, 0.15) is 0 Å². The van der Waals surface area contributed by atoms with Gasteiger partial charge in [0.15, 0.2) is 0 Å². The third-order valence-electron chi connectivity index (χ3n) is 5.32. The molecule has 1 aliphatic carbocycles. The van der Waals surface area contributed by atoms with Crippen molar-refractivity contribution in [3.8, 4) is 0 Å². The van der Waals surface area contributed by atoms with Crippen LogP contribution in [-0.4, -0.2) is 67.1 Å². The largest absolute Gasteiger partial charge is 0.341 e. The van der Waals surface area contributed by atoms with Crippen molar-refractivity contribution in [1.29, 1.82) is 0 Å². The molecular formula is C17H29N3O3S. The number of rotatable bonds is 4. The Kier molecular flexibility index (Phi) is 5.94. The second-order valence-electron chi connectivity index (χ2n) is 7.07. The molecule has 136 valence electrons. The fraction of sp³-hybridized carbons (Fsp3) is 0.824. The maximum atomic E-state index is 12.8. The quantitative estimate of drug-likeness (QED) is 0.720. The Morgan fingerprint density at radius 2 is 1.62 bits per heavy atom. The fourth-order valence-electron chi connectivity index (χ4n) is 3.85. The fourth-order valence-corrected chi connectivity index (χ4v) is 5.57. The van der Waals surface area contributed by atoms with E-state index < -0.39 is 10.2 Å². The molecule has 0 aromatic rings. The lowest BCUT2D eigenvalue weighted by Crippen LogP contribution is -2.47. The molecule has 2 fully saturated rings. The molecule has 2 heterocycles. The smallest absolute Gasteiger partial charge is 0.282 e. The number of carbonyl (C=O) groups excluding carboxylic acids is 1. The van der Waals surface area contributed by atoms with Crippen molar-refractivity contribution >= 4 is 16.1 Å². The van der Waals surface area contributed by atoms with Crippen molar-refractivity contribution in [3.05, 3.63) is 12.2 Å². The first-order chi connectivity index (χ1) is 11.6. The van der Waals surface area contributed by atoms with E-state index in [0.717, 1.165) is 38.5 Å². The van der Waals surface area contributed by atoms with Gasteiger partial charge in [-0.2, -0.15) is 17.0 Å². The van der Waals surface area contributed by atoms with E-state index in [1.165, 1.54) is 0 Å². The van der Waals surface area contributed by atoms with Crippen molar-refractivity contribution in [1.82, 2.24) is 13.5 Å². The molecule has 1 atom stereocenters. The summed E-state index contributed by atoms with van der Waals surface area (Å²) in [5.74, 6) is 0.540. The highest BCUT2D eigenvalue weighted by Crippen LogP contribution is 2.22. The third kappa shape index (κ3) is 4.18. The second-order valence-corrected chi connectivity index (χ2v) is 9.00. The predicted molar refractivity (Wildman–Crippen MR) is 93.6 cm³/mol. The number of carbonyl (C=O) groups is 1. The summed E-state index contributed by atoms with van der Waals surface area (Å²) in [6.45, 7) is 3.39. The van der Waals surface area contributed by atoms with Gasteiger partial charge in [0.05, 0.1) is 0 Å². The monoisotopic (exact) mass is 355 g/mol. The van der Waals surface area contributed by atoms with E-state index in [-0.39, 0.29) is 5.91 Å². The summed E-state index contributed by atoms with van der Waals surface area (Å²) in [4.78, 5) is 14.3. The van der Waals surface area contributed by atoms with Crippen LogP contribution < -0.4 is 0 Å². The van der Waals surface area contributed by atoms with Crippen molar-refractivity contribution in [2.75, 3.05) is 39.3 Å². The first-order valence-corrected chi connectivity index (χ1v) is 10.7. The number of allylic oxidation sites excluding steroid dienone is 2. The van der Waals surface area contributed by atoms with Gasteiger partial charge in [0, 0.05) is 45.7 Å². The summed E-state index contributed by atoms with van der Waals surface area (Å²) in [7, 11) is -3.36. The molecule has 0 spiro atoms. The van der Waals surface area contributed by atoms with E-state index in [1.54, 1.807) is 8.61 Å². The molecule has 3 aliphatic rings. The molecular weight excluding hydrogens is 326 g/mol. The first kappa shape index (κ1) is 17.9. The number of hydrogen-bond donors (Lipinski definition) is 0. The average molecular weight is 356 g/mol. The maximum absolute atomic E-state index is 12.8. The van der Waals surface area contributed by atoms with Crippen LogP contribution in [0.5, 0.6) is 0 Å². The Morgan fingerprint density at radius 1 is 0.917 bits per heavy atom. The number of amides is 1. The van der Waals surface area contributed by atoms with E-state index in [9.17, 15) is 13.2 Å². The van der Waals surface area contributed by atoms with E-state index >= 15 is 0 Å². The summed E-state index contributed by atoms with van der Waals surface area (Å²) in [5.41, 5.74) is 0. The molecule has 0 aromatic carbocycles. The van der Waals surface area contributed by atoms with Crippen LogP contribution in [-0.2, 0) is 15.0 Å². The molecule has 0 aromatic heterocycles. The molecule has 0 N–H and O–H groups in total. The van der Waals surface area contributed by atoms with Gasteiger partial charge in [0.2, 0.25) is 5.91 Å². The van der Waals surface area contributed by atoms with E-state index in [1.807, 2.05) is 4.90 Å². The summed E-state index contributed by atoms with van der Waals surface area (Å²) >= 11 is 0. The van der Waals surface area contributed by atoms with Crippen LogP contribution in [0.1, 0.15) is 44.9 Å². The summed E-state index contributed by atoms with van der Waals surface area (Å²) < 4.78 is 28.8. The van der Waals surface area contributed by atoms with Crippen LogP contribution in [0.3, 0.4) is 0 Å². The zero-order valence-electron chi connectivity index (χ0n) is 14.4. The van der Waals surface area contributed by atoms with Gasteiger partial charge >= 0.3 is 0 Å². The Labute approximate surface area is 145 Å². The molecule has 0 radical (unpaired) electrons. The van der Waals surface area contributed by atoms with E-state index in [4.69, 9.17) is 0 Å². The maximum Gasteiger partial charge on any atom is 0.282 e. The lowest BCUT2D eigenvalue weighted by atomic mass is 10.0. The number of piperidine rings is 1.